The fraction of sp³-hybridized carbons (Fsp3) is 0.421. The van der Waals surface area contributed by atoms with Crippen LogP contribution in [0.1, 0.15) is 47.4 Å². The van der Waals surface area contributed by atoms with E-state index in [-0.39, 0.29) is 6.04 Å². The fourth-order valence-electron chi connectivity index (χ4n) is 3.16. The van der Waals surface area contributed by atoms with Crippen molar-refractivity contribution in [3.63, 3.8) is 0 Å². The van der Waals surface area contributed by atoms with Gasteiger partial charge in [0.05, 0.1) is 6.04 Å². The topological polar surface area (TPSA) is 63.2 Å². The summed E-state index contributed by atoms with van der Waals surface area (Å²) < 4.78 is 23.4. The molecule has 134 valence electrons. The van der Waals surface area contributed by atoms with Crippen LogP contribution in [0.2, 0.25) is 0 Å². The van der Waals surface area contributed by atoms with E-state index in [1.54, 1.807) is 11.3 Å². The number of aryl methyl sites for hydroxylation is 2. The van der Waals surface area contributed by atoms with E-state index in [1.807, 2.05) is 17.5 Å². The molecule has 1 amide bonds. The van der Waals surface area contributed by atoms with E-state index in [0.717, 1.165) is 29.5 Å². The molecule has 3 rings (SSSR count). The van der Waals surface area contributed by atoms with Crippen molar-refractivity contribution in [2.24, 2.45) is 0 Å². The van der Waals surface area contributed by atoms with Crippen LogP contribution in [-0.4, -0.2) is 25.8 Å². The number of benzene rings is 1. The molecule has 1 aliphatic rings. The van der Waals surface area contributed by atoms with Gasteiger partial charge in [0.2, 0.25) is 5.91 Å². The molecule has 1 N–H and O–H groups in total. The van der Waals surface area contributed by atoms with Crippen molar-refractivity contribution in [2.45, 2.75) is 43.9 Å². The summed E-state index contributed by atoms with van der Waals surface area (Å²) in [6, 6.07) is 9.97. The van der Waals surface area contributed by atoms with Crippen molar-refractivity contribution in [3.05, 3.63) is 57.3 Å². The van der Waals surface area contributed by atoms with Gasteiger partial charge >= 0.3 is 0 Å². The largest absolute Gasteiger partial charge is 0.343 e. The summed E-state index contributed by atoms with van der Waals surface area (Å²) in [5.41, 5.74) is 3.74. The molecule has 1 aromatic heterocycles. The average molecular weight is 378 g/mol. The highest BCUT2D eigenvalue weighted by Crippen LogP contribution is 2.30. The second kappa shape index (κ2) is 7.30. The molecular weight excluding hydrogens is 354 g/mol. The summed E-state index contributed by atoms with van der Waals surface area (Å²) in [5, 5.41) is 3.84. The maximum atomic E-state index is 12.5. The molecule has 0 saturated heterocycles. The minimum Gasteiger partial charge on any atom is -0.343 e. The number of nitrogens with one attached hydrogen (secondary N) is 1. The number of hydrogen-bond acceptors (Lipinski definition) is 4. The first-order valence-electron chi connectivity index (χ1n) is 8.50. The van der Waals surface area contributed by atoms with Gasteiger partial charge in [0.25, 0.3) is 0 Å². The Labute approximate surface area is 153 Å². The molecule has 0 bridgehead atoms. The maximum absolute atomic E-state index is 12.5. The van der Waals surface area contributed by atoms with E-state index in [0.29, 0.717) is 0 Å². The van der Waals surface area contributed by atoms with Crippen LogP contribution in [-0.2, 0) is 27.5 Å². The van der Waals surface area contributed by atoms with E-state index in [2.05, 4.69) is 23.5 Å². The van der Waals surface area contributed by atoms with E-state index in [1.165, 1.54) is 30.9 Å². The molecule has 4 nitrogen and oxygen atoms in total. The van der Waals surface area contributed by atoms with Crippen LogP contribution in [0.5, 0.6) is 0 Å². The summed E-state index contributed by atoms with van der Waals surface area (Å²) in [7, 11) is -3.42. The zero-order valence-corrected chi connectivity index (χ0v) is 16.1. The Morgan fingerprint density at radius 1 is 1.16 bits per heavy atom. The molecule has 1 heterocycles. The zero-order valence-electron chi connectivity index (χ0n) is 14.5. The van der Waals surface area contributed by atoms with Gasteiger partial charge in [-0.15, -0.1) is 11.3 Å². The molecule has 0 unspecified atom stereocenters. The first-order chi connectivity index (χ1) is 11.9. The van der Waals surface area contributed by atoms with Crippen LogP contribution in [0.15, 0.2) is 35.7 Å². The second-order valence-corrected chi connectivity index (χ2v) is 10.0. The van der Waals surface area contributed by atoms with Crippen LogP contribution in [0.4, 0.5) is 0 Å². The lowest BCUT2D eigenvalue weighted by atomic mass is 9.89. The molecule has 2 atom stereocenters. The molecule has 2 aromatic rings. The lowest BCUT2D eigenvalue weighted by Crippen LogP contribution is -2.39. The number of carbonyl (C=O) groups is 1. The Balaban J connectivity index is 1.92. The Hall–Kier alpha value is -1.66. The van der Waals surface area contributed by atoms with Gasteiger partial charge in [0.1, 0.15) is 5.25 Å². The molecule has 1 aliphatic carbocycles. The molecular formula is C19H23NO3S2. The Kier molecular flexibility index (Phi) is 5.29. The first kappa shape index (κ1) is 18.1. The maximum Gasteiger partial charge on any atom is 0.238 e. The summed E-state index contributed by atoms with van der Waals surface area (Å²) in [5.74, 6) is -0.460. The normalized spacial score (nSPS) is 16.7. The second-order valence-electron chi connectivity index (χ2n) is 6.66. The Bertz CT molecular complexity index is 857. The Morgan fingerprint density at radius 2 is 1.88 bits per heavy atom. The summed E-state index contributed by atoms with van der Waals surface area (Å²) in [6.45, 7) is 1.43. The molecule has 6 heteroatoms. The van der Waals surface area contributed by atoms with Gasteiger partial charge in [-0.2, -0.15) is 0 Å². The Morgan fingerprint density at radius 3 is 2.52 bits per heavy atom. The van der Waals surface area contributed by atoms with Crippen LogP contribution in [0.25, 0.3) is 0 Å². The number of carbonyl (C=O) groups excluding carboxylic acids is 1. The lowest BCUT2D eigenvalue weighted by Gasteiger charge is -2.23. The SMILES string of the molecule is C[C@@H](C(=O)N[C@@H](c1ccc2c(c1)CCCC2)c1cccs1)S(C)(=O)=O. The predicted octanol–water partition coefficient (Wildman–Crippen LogP) is 3.27. The average Bonchev–Trinajstić information content (AvgIpc) is 3.11. The highest BCUT2D eigenvalue weighted by Gasteiger charge is 2.27. The minimum absolute atomic E-state index is 0.316. The third kappa shape index (κ3) is 4.12. The smallest absolute Gasteiger partial charge is 0.238 e. The van der Waals surface area contributed by atoms with Gasteiger partial charge in [0.15, 0.2) is 9.84 Å². The minimum atomic E-state index is -3.42. The third-order valence-electron chi connectivity index (χ3n) is 4.83. The van der Waals surface area contributed by atoms with E-state index in [4.69, 9.17) is 0 Å². The molecule has 0 radical (unpaired) electrons. The number of fused-ring (bicyclic) bond motifs is 1. The van der Waals surface area contributed by atoms with E-state index >= 15 is 0 Å². The quantitative estimate of drug-likeness (QED) is 0.870. The molecule has 25 heavy (non-hydrogen) atoms. The number of sulfone groups is 1. The first-order valence-corrected chi connectivity index (χ1v) is 11.3. The van der Waals surface area contributed by atoms with Crippen LogP contribution in [0, 0.1) is 0 Å². The van der Waals surface area contributed by atoms with E-state index in [9.17, 15) is 13.2 Å². The van der Waals surface area contributed by atoms with Gasteiger partial charge in [0, 0.05) is 11.1 Å². The highest BCUT2D eigenvalue weighted by atomic mass is 32.2. The third-order valence-corrected chi connectivity index (χ3v) is 7.27. The number of thiophene rings is 1. The summed E-state index contributed by atoms with van der Waals surface area (Å²) in [6.07, 6.45) is 5.68. The van der Waals surface area contributed by atoms with E-state index < -0.39 is 21.0 Å². The van der Waals surface area contributed by atoms with Crippen LogP contribution < -0.4 is 5.32 Å². The molecule has 0 aliphatic heterocycles. The monoisotopic (exact) mass is 377 g/mol. The lowest BCUT2D eigenvalue weighted by molar-refractivity contribution is -0.120. The van der Waals surface area contributed by atoms with Crippen molar-refractivity contribution in [1.82, 2.24) is 5.32 Å². The van der Waals surface area contributed by atoms with Crippen LogP contribution >= 0.6 is 11.3 Å². The van der Waals surface area contributed by atoms with Crippen molar-refractivity contribution < 1.29 is 13.2 Å². The molecule has 0 spiro atoms. The summed E-state index contributed by atoms with van der Waals surface area (Å²) in [4.78, 5) is 13.5. The number of amides is 1. The highest BCUT2D eigenvalue weighted by molar-refractivity contribution is 7.92. The van der Waals surface area contributed by atoms with Crippen molar-refractivity contribution >= 4 is 27.1 Å². The van der Waals surface area contributed by atoms with Gasteiger partial charge in [-0.25, -0.2) is 8.42 Å². The fourth-order valence-corrected chi connectivity index (χ4v) is 4.42. The van der Waals surface area contributed by atoms with Gasteiger partial charge < -0.3 is 5.32 Å². The van der Waals surface area contributed by atoms with Crippen molar-refractivity contribution in [3.8, 4) is 0 Å². The number of rotatable bonds is 5. The predicted molar refractivity (Wildman–Crippen MR) is 102 cm³/mol. The van der Waals surface area contributed by atoms with Crippen LogP contribution in [0.3, 0.4) is 0 Å². The van der Waals surface area contributed by atoms with Crippen molar-refractivity contribution in [2.75, 3.05) is 6.26 Å². The van der Waals surface area contributed by atoms with Gasteiger partial charge in [-0.1, -0.05) is 24.3 Å². The standard InChI is InChI=1S/C19H23NO3S2/c1-13(25(2,22)23)19(21)20-18(17-8-5-11-24-17)16-10-9-14-6-3-4-7-15(14)12-16/h5,8-13,18H,3-4,6-7H2,1-2H3,(H,20,21)/t13-,18-/m0/s1. The molecule has 0 saturated carbocycles. The van der Waals surface area contributed by atoms with Crippen molar-refractivity contribution in [1.29, 1.82) is 0 Å². The zero-order chi connectivity index (χ0) is 18.0. The van der Waals surface area contributed by atoms with Gasteiger partial charge in [-0.05, 0) is 60.7 Å². The number of hydrogen-bond donors (Lipinski definition) is 1. The molecule has 0 fully saturated rings. The molecule has 1 aromatic carbocycles. The van der Waals surface area contributed by atoms with Gasteiger partial charge in [-0.3, -0.25) is 4.79 Å². The summed E-state index contributed by atoms with van der Waals surface area (Å²) >= 11 is 1.56.